The highest BCUT2D eigenvalue weighted by atomic mass is 16.2. The van der Waals surface area contributed by atoms with Gasteiger partial charge < -0.3 is 4.90 Å². The number of likely N-dealkylation sites (tertiary alicyclic amines) is 1. The minimum atomic E-state index is 0.224. The van der Waals surface area contributed by atoms with E-state index in [2.05, 4.69) is 13.8 Å². The van der Waals surface area contributed by atoms with Crippen molar-refractivity contribution in [1.29, 1.82) is 0 Å². The average molecular weight is 155 g/mol. The number of nitrogens with zero attached hydrogens (tertiary/aromatic N) is 1. The van der Waals surface area contributed by atoms with Crippen molar-refractivity contribution < 1.29 is 4.79 Å². The van der Waals surface area contributed by atoms with Gasteiger partial charge in [0.15, 0.2) is 0 Å². The lowest BCUT2D eigenvalue weighted by Gasteiger charge is -2.21. The zero-order chi connectivity index (χ0) is 8.48. The van der Waals surface area contributed by atoms with Gasteiger partial charge in [-0.15, -0.1) is 0 Å². The Hall–Kier alpha value is -0.530. The molecule has 1 rings (SSSR count). The molecule has 1 aliphatic heterocycles. The molecule has 0 radical (unpaired) electrons. The third-order valence-electron chi connectivity index (χ3n) is 2.86. The van der Waals surface area contributed by atoms with Crippen LogP contribution < -0.4 is 0 Å². The summed E-state index contributed by atoms with van der Waals surface area (Å²) in [4.78, 5) is 12.9. The Kier molecular flexibility index (Phi) is 2.21. The summed E-state index contributed by atoms with van der Waals surface area (Å²) in [5.41, 5.74) is 0.395. The fourth-order valence-corrected chi connectivity index (χ4v) is 1.58. The summed E-state index contributed by atoms with van der Waals surface area (Å²) in [6.07, 6.45) is 2.35. The molecule has 0 spiro atoms. The fraction of sp³-hybridized carbons (Fsp3) is 0.889. The Morgan fingerprint density at radius 2 is 2.27 bits per heavy atom. The van der Waals surface area contributed by atoms with Gasteiger partial charge in [-0.2, -0.15) is 0 Å². The Morgan fingerprint density at radius 3 is 2.55 bits per heavy atom. The quantitative estimate of drug-likeness (QED) is 0.564. The molecule has 0 aromatic rings. The van der Waals surface area contributed by atoms with E-state index in [9.17, 15) is 4.79 Å². The standard InChI is InChI=1S/C9H17NO/c1-4-9(3)5-6-10(7-9)8(2)11/h4-7H2,1-3H3/t9-/m0/s1. The van der Waals surface area contributed by atoms with E-state index in [4.69, 9.17) is 0 Å². The first-order valence-corrected chi connectivity index (χ1v) is 4.33. The van der Waals surface area contributed by atoms with Gasteiger partial charge in [0.05, 0.1) is 0 Å². The van der Waals surface area contributed by atoms with Crippen molar-refractivity contribution in [3.8, 4) is 0 Å². The highest BCUT2D eigenvalue weighted by Gasteiger charge is 2.32. The molecule has 0 N–H and O–H groups in total. The normalized spacial score (nSPS) is 31.0. The summed E-state index contributed by atoms with van der Waals surface area (Å²) in [5, 5.41) is 0. The van der Waals surface area contributed by atoms with E-state index in [0.29, 0.717) is 5.41 Å². The molecule has 1 aliphatic rings. The molecular formula is C9H17NO. The van der Waals surface area contributed by atoms with Gasteiger partial charge in [0.25, 0.3) is 0 Å². The van der Waals surface area contributed by atoms with Crippen molar-refractivity contribution in [1.82, 2.24) is 4.90 Å². The minimum absolute atomic E-state index is 0.224. The zero-order valence-corrected chi connectivity index (χ0v) is 7.68. The number of hydrogen-bond acceptors (Lipinski definition) is 1. The second kappa shape index (κ2) is 2.84. The molecule has 11 heavy (non-hydrogen) atoms. The molecule has 0 unspecified atom stereocenters. The van der Waals surface area contributed by atoms with Crippen molar-refractivity contribution >= 4 is 5.91 Å². The van der Waals surface area contributed by atoms with Gasteiger partial charge in [-0.3, -0.25) is 4.79 Å². The van der Waals surface area contributed by atoms with Crippen LogP contribution in [-0.2, 0) is 4.79 Å². The Morgan fingerprint density at radius 1 is 1.64 bits per heavy atom. The van der Waals surface area contributed by atoms with Crippen molar-refractivity contribution in [2.45, 2.75) is 33.6 Å². The van der Waals surface area contributed by atoms with Crippen LogP contribution in [0.1, 0.15) is 33.6 Å². The first-order valence-electron chi connectivity index (χ1n) is 4.33. The minimum Gasteiger partial charge on any atom is -0.342 e. The predicted molar refractivity (Wildman–Crippen MR) is 45.3 cm³/mol. The van der Waals surface area contributed by atoms with Crippen molar-refractivity contribution in [3.05, 3.63) is 0 Å². The summed E-state index contributed by atoms with van der Waals surface area (Å²) >= 11 is 0. The predicted octanol–water partition coefficient (Wildman–Crippen LogP) is 1.65. The summed E-state index contributed by atoms with van der Waals surface area (Å²) in [7, 11) is 0. The number of carbonyl (C=O) groups excluding carboxylic acids is 1. The second-order valence-electron chi connectivity index (χ2n) is 3.85. The van der Waals surface area contributed by atoms with E-state index in [0.717, 1.165) is 13.1 Å². The molecule has 0 saturated carbocycles. The molecular weight excluding hydrogens is 138 g/mol. The van der Waals surface area contributed by atoms with E-state index >= 15 is 0 Å². The lowest BCUT2D eigenvalue weighted by molar-refractivity contribution is -0.128. The first kappa shape index (κ1) is 8.57. The maximum absolute atomic E-state index is 11.0. The lowest BCUT2D eigenvalue weighted by atomic mass is 9.87. The van der Waals surface area contributed by atoms with Crippen LogP contribution in [0.3, 0.4) is 0 Å². The van der Waals surface area contributed by atoms with Crippen LogP contribution in [0.25, 0.3) is 0 Å². The molecule has 0 aliphatic carbocycles. The molecule has 1 atom stereocenters. The van der Waals surface area contributed by atoms with Crippen LogP contribution in [0.4, 0.5) is 0 Å². The van der Waals surface area contributed by atoms with Crippen molar-refractivity contribution in [2.75, 3.05) is 13.1 Å². The Labute approximate surface area is 68.6 Å². The van der Waals surface area contributed by atoms with Gasteiger partial charge in [-0.05, 0) is 18.3 Å². The van der Waals surface area contributed by atoms with E-state index in [1.807, 2.05) is 4.90 Å². The van der Waals surface area contributed by atoms with Crippen molar-refractivity contribution in [3.63, 3.8) is 0 Å². The van der Waals surface area contributed by atoms with Gasteiger partial charge in [-0.25, -0.2) is 0 Å². The van der Waals surface area contributed by atoms with Gasteiger partial charge >= 0.3 is 0 Å². The van der Waals surface area contributed by atoms with Crippen LogP contribution in [0.5, 0.6) is 0 Å². The smallest absolute Gasteiger partial charge is 0.219 e. The van der Waals surface area contributed by atoms with Crippen LogP contribution >= 0.6 is 0 Å². The summed E-state index contributed by atoms with van der Waals surface area (Å²) < 4.78 is 0. The fourth-order valence-electron chi connectivity index (χ4n) is 1.58. The molecule has 1 heterocycles. The molecule has 1 saturated heterocycles. The molecule has 2 heteroatoms. The van der Waals surface area contributed by atoms with Gasteiger partial charge in [0.1, 0.15) is 0 Å². The maximum Gasteiger partial charge on any atom is 0.219 e. The second-order valence-corrected chi connectivity index (χ2v) is 3.85. The maximum atomic E-state index is 11.0. The summed E-state index contributed by atoms with van der Waals surface area (Å²) in [6, 6.07) is 0. The number of rotatable bonds is 1. The molecule has 0 aromatic heterocycles. The highest BCUT2D eigenvalue weighted by Crippen LogP contribution is 2.32. The van der Waals surface area contributed by atoms with Gasteiger partial charge in [0.2, 0.25) is 5.91 Å². The number of carbonyl (C=O) groups is 1. The summed E-state index contributed by atoms with van der Waals surface area (Å²) in [5.74, 6) is 0.224. The van der Waals surface area contributed by atoms with E-state index in [1.165, 1.54) is 12.8 Å². The lowest BCUT2D eigenvalue weighted by Crippen LogP contribution is -2.28. The molecule has 1 amide bonds. The highest BCUT2D eigenvalue weighted by molar-refractivity contribution is 5.73. The molecule has 1 fully saturated rings. The third kappa shape index (κ3) is 1.73. The molecule has 64 valence electrons. The Bertz CT molecular complexity index is 167. The number of hydrogen-bond donors (Lipinski definition) is 0. The van der Waals surface area contributed by atoms with Gasteiger partial charge in [0, 0.05) is 20.0 Å². The molecule has 2 nitrogen and oxygen atoms in total. The SMILES string of the molecule is CC[C@@]1(C)CCN(C(C)=O)C1. The van der Waals surface area contributed by atoms with Crippen molar-refractivity contribution in [2.24, 2.45) is 5.41 Å². The molecule has 0 aromatic carbocycles. The number of amides is 1. The average Bonchev–Trinajstić information content (AvgIpc) is 2.33. The van der Waals surface area contributed by atoms with Crippen LogP contribution in [0.2, 0.25) is 0 Å². The van der Waals surface area contributed by atoms with E-state index in [1.54, 1.807) is 6.92 Å². The largest absolute Gasteiger partial charge is 0.342 e. The first-order chi connectivity index (χ1) is 5.07. The zero-order valence-electron chi connectivity index (χ0n) is 7.68. The topological polar surface area (TPSA) is 20.3 Å². The van der Waals surface area contributed by atoms with Gasteiger partial charge in [-0.1, -0.05) is 13.8 Å². The monoisotopic (exact) mass is 155 g/mol. The third-order valence-corrected chi connectivity index (χ3v) is 2.86. The van der Waals surface area contributed by atoms with Crippen LogP contribution in [0.15, 0.2) is 0 Å². The van der Waals surface area contributed by atoms with E-state index in [-0.39, 0.29) is 5.91 Å². The summed E-state index contributed by atoms with van der Waals surface area (Å²) in [6.45, 7) is 8.03. The van der Waals surface area contributed by atoms with Crippen LogP contribution in [-0.4, -0.2) is 23.9 Å². The Balaban J connectivity index is 2.53. The molecule has 0 bridgehead atoms. The van der Waals surface area contributed by atoms with E-state index < -0.39 is 0 Å². The van der Waals surface area contributed by atoms with Crippen LogP contribution in [0, 0.1) is 5.41 Å².